The molecule has 1 N–H and O–H groups in total. The van der Waals surface area contributed by atoms with E-state index < -0.39 is 5.97 Å². The monoisotopic (exact) mass is 247 g/mol. The van der Waals surface area contributed by atoms with E-state index in [-0.39, 0.29) is 30.2 Å². The second kappa shape index (κ2) is 9.35. The van der Waals surface area contributed by atoms with Crippen molar-refractivity contribution >= 4 is 28.6 Å². The summed E-state index contributed by atoms with van der Waals surface area (Å²) in [5.74, 6) is 0.00980. The Kier molecular flexibility index (Phi) is 8.84. The largest absolute Gasteiger partial charge is 0.469 e. The molecule has 0 aliphatic carbocycles. The van der Waals surface area contributed by atoms with Gasteiger partial charge in [0.1, 0.15) is 5.78 Å². The van der Waals surface area contributed by atoms with Crippen molar-refractivity contribution in [2.24, 2.45) is 0 Å². The highest BCUT2D eigenvalue weighted by Crippen LogP contribution is 2.07. The number of carbonyl (C=O) groups excluding carboxylic acids is 3. The van der Waals surface area contributed by atoms with Crippen molar-refractivity contribution in [2.75, 3.05) is 26.5 Å². The van der Waals surface area contributed by atoms with Crippen LogP contribution in [0.4, 0.5) is 0 Å². The van der Waals surface area contributed by atoms with Crippen molar-refractivity contribution < 1.29 is 19.1 Å². The Morgan fingerprint density at radius 3 is 2.50 bits per heavy atom. The Hall–Kier alpha value is -0.880. The van der Waals surface area contributed by atoms with Crippen molar-refractivity contribution in [3.05, 3.63) is 0 Å². The van der Waals surface area contributed by atoms with Gasteiger partial charge in [-0.1, -0.05) is 11.8 Å². The van der Waals surface area contributed by atoms with Crippen molar-refractivity contribution in [2.45, 2.75) is 19.3 Å². The molecule has 5 nitrogen and oxygen atoms in total. The molecule has 0 unspecified atom stereocenters. The highest BCUT2D eigenvalue weighted by molar-refractivity contribution is 8.13. The van der Waals surface area contributed by atoms with E-state index in [1.165, 1.54) is 7.11 Å². The third-order valence-corrected chi connectivity index (χ3v) is 2.67. The summed E-state index contributed by atoms with van der Waals surface area (Å²) in [7, 11) is 3.07. The van der Waals surface area contributed by atoms with Gasteiger partial charge in [-0.15, -0.1) is 0 Å². The normalized spacial score (nSPS) is 9.88. The average molecular weight is 247 g/mol. The molecule has 0 bridgehead atoms. The van der Waals surface area contributed by atoms with Gasteiger partial charge in [0.05, 0.1) is 20.0 Å². The van der Waals surface area contributed by atoms with E-state index in [0.717, 1.165) is 18.3 Å². The highest BCUT2D eigenvalue weighted by atomic mass is 32.2. The summed E-state index contributed by atoms with van der Waals surface area (Å²) in [6, 6.07) is 0. The maximum absolute atomic E-state index is 11.2. The molecular weight excluding hydrogens is 230 g/mol. The summed E-state index contributed by atoms with van der Waals surface area (Å²) in [4.78, 5) is 33.2. The number of carbonyl (C=O) groups is 3. The average Bonchev–Trinajstić information content (AvgIpc) is 2.26. The van der Waals surface area contributed by atoms with Crippen LogP contribution in [-0.2, 0) is 19.1 Å². The molecule has 92 valence electrons. The minimum Gasteiger partial charge on any atom is -0.469 e. The molecule has 0 amide bonds. The number of ether oxygens (including phenoxy) is 1. The predicted molar refractivity (Wildman–Crippen MR) is 62.3 cm³/mol. The van der Waals surface area contributed by atoms with Crippen molar-refractivity contribution in [3.8, 4) is 0 Å². The maximum Gasteiger partial charge on any atom is 0.305 e. The van der Waals surface area contributed by atoms with Gasteiger partial charge in [0, 0.05) is 18.7 Å². The molecule has 0 atom stereocenters. The van der Waals surface area contributed by atoms with Crippen LogP contribution >= 0.6 is 11.8 Å². The van der Waals surface area contributed by atoms with E-state index in [4.69, 9.17) is 0 Å². The summed E-state index contributed by atoms with van der Waals surface area (Å²) < 4.78 is 4.40. The molecule has 0 spiro atoms. The molecule has 0 radical (unpaired) electrons. The first-order valence-electron chi connectivity index (χ1n) is 4.99. The summed E-state index contributed by atoms with van der Waals surface area (Å²) in [5.41, 5.74) is 0. The molecule has 0 rings (SSSR count). The Morgan fingerprint density at radius 1 is 1.25 bits per heavy atom. The number of hydrogen-bond donors (Lipinski definition) is 1. The first kappa shape index (κ1) is 15.1. The van der Waals surface area contributed by atoms with Gasteiger partial charge in [0.15, 0.2) is 5.12 Å². The molecule has 0 aromatic carbocycles. The number of methoxy groups -OCH3 is 1. The SMILES string of the molecule is CNCCSC(=O)CC(=O)CCC(=O)OC. The molecule has 16 heavy (non-hydrogen) atoms. The first-order chi connectivity index (χ1) is 7.60. The molecule has 0 aromatic heterocycles. The van der Waals surface area contributed by atoms with Gasteiger partial charge in [-0.2, -0.15) is 0 Å². The van der Waals surface area contributed by atoms with Crippen LogP contribution in [-0.4, -0.2) is 43.3 Å². The Bertz CT molecular complexity index is 255. The first-order valence-corrected chi connectivity index (χ1v) is 5.97. The molecular formula is C10H17NO4S. The van der Waals surface area contributed by atoms with E-state index in [1.807, 2.05) is 0 Å². The lowest BCUT2D eigenvalue weighted by Crippen LogP contribution is -2.13. The predicted octanol–water partition coefficient (Wildman–Crippen LogP) is 0.378. The van der Waals surface area contributed by atoms with Crippen LogP contribution in [0.15, 0.2) is 0 Å². The standard InChI is InChI=1S/C10H17NO4S/c1-11-5-6-16-10(14)7-8(12)3-4-9(13)15-2/h11H,3-7H2,1-2H3. The van der Waals surface area contributed by atoms with Crippen LogP contribution in [0.25, 0.3) is 0 Å². The number of rotatable bonds is 8. The van der Waals surface area contributed by atoms with Crippen LogP contribution in [0.3, 0.4) is 0 Å². The molecule has 6 heteroatoms. The van der Waals surface area contributed by atoms with E-state index in [2.05, 4.69) is 10.1 Å². The summed E-state index contributed by atoms with van der Waals surface area (Å²) in [5, 5.41) is 2.76. The molecule has 0 aliphatic heterocycles. The van der Waals surface area contributed by atoms with Crippen molar-refractivity contribution in [3.63, 3.8) is 0 Å². The van der Waals surface area contributed by atoms with Gasteiger partial charge in [0.25, 0.3) is 0 Å². The third-order valence-electron chi connectivity index (χ3n) is 1.79. The number of ketones is 1. The van der Waals surface area contributed by atoms with E-state index >= 15 is 0 Å². The van der Waals surface area contributed by atoms with Crippen LogP contribution in [0.2, 0.25) is 0 Å². The summed E-state index contributed by atoms with van der Waals surface area (Å²) in [6.07, 6.45) is 0.0141. The third kappa shape index (κ3) is 8.43. The fourth-order valence-electron chi connectivity index (χ4n) is 0.911. The fraction of sp³-hybridized carbons (Fsp3) is 0.700. The zero-order chi connectivity index (χ0) is 12.4. The van der Waals surface area contributed by atoms with E-state index in [1.54, 1.807) is 7.05 Å². The number of nitrogens with one attached hydrogen (secondary N) is 1. The number of thioether (sulfide) groups is 1. The zero-order valence-corrected chi connectivity index (χ0v) is 10.4. The Labute approximate surface area is 99.3 Å². The smallest absolute Gasteiger partial charge is 0.305 e. The van der Waals surface area contributed by atoms with Gasteiger partial charge >= 0.3 is 5.97 Å². The Balaban J connectivity index is 3.62. The molecule has 0 heterocycles. The van der Waals surface area contributed by atoms with Crippen LogP contribution in [0.5, 0.6) is 0 Å². The fourth-order valence-corrected chi connectivity index (χ4v) is 1.71. The zero-order valence-electron chi connectivity index (χ0n) is 9.58. The van der Waals surface area contributed by atoms with Crippen LogP contribution in [0.1, 0.15) is 19.3 Å². The molecule has 0 saturated carbocycles. The van der Waals surface area contributed by atoms with Gasteiger partial charge in [-0.3, -0.25) is 14.4 Å². The molecule has 0 fully saturated rings. The van der Waals surface area contributed by atoms with E-state index in [0.29, 0.717) is 5.75 Å². The number of Topliss-reactive ketones (excluding diaryl/α,β-unsaturated/α-hetero) is 1. The minimum atomic E-state index is -0.427. The lowest BCUT2D eigenvalue weighted by atomic mass is 10.2. The molecule has 0 aromatic rings. The quantitative estimate of drug-likeness (QED) is 0.380. The lowest BCUT2D eigenvalue weighted by Gasteiger charge is -2.00. The molecule has 0 aliphatic rings. The van der Waals surface area contributed by atoms with E-state index in [9.17, 15) is 14.4 Å². The second-order valence-corrected chi connectivity index (χ2v) is 4.27. The summed E-state index contributed by atoms with van der Waals surface area (Å²) >= 11 is 1.13. The maximum atomic E-state index is 11.2. The topological polar surface area (TPSA) is 72.5 Å². The summed E-state index contributed by atoms with van der Waals surface area (Å²) in [6.45, 7) is 0.729. The minimum absolute atomic E-state index is 0.0454. The van der Waals surface area contributed by atoms with Gasteiger partial charge < -0.3 is 10.1 Å². The van der Waals surface area contributed by atoms with Gasteiger partial charge in [-0.25, -0.2) is 0 Å². The Morgan fingerprint density at radius 2 is 1.94 bits per heavy atom. The van der Waals surface area contributed by atoms with Gasteiger partial charge in [0.2, 0.25) is 0 Å². The highest BCUT2D eigenvalue weighted by Gasteiger charge is 2.11. The molecule has 0 saturated heterocycles. The second-order valence-electron chi connectivity index (χ2n) is 3.12. The van der Waals surface area contributed by atoms with Crippen LogP contribution < -0.4 is 5.32 Å². The number of hydrogen-bond acceptors (Lipinski definition) is 6. The van der Waals surface area contributed by atoms with Crippen molar-refractivity contribution in [1.82, 2.24) is 5.32 Å². The van der Waals surface area contributed by atoms with Crippen molar-refractivity contribution in [1.29, 1.82) is 0 Å². The van der Waals surface area contributed by atoms with Gasteiger partial charge in [-0.05, 0) is 7.05 Å². The van der Waals surface area contributed by atoms with Crippen LogP contribution in [0, 0.1) is 0 Å². The number of esters is 1. The lowest BCUT2D eigenvalue weighted by molar-refractivity contribution is -0.142.